The fourth-order valence-corrected chi connectivity index (χ4v) is 1.60. The highest BCUT2D eigenvalue weighted by atomic mass is 32.2. The van der Waals surface area contributed by atoms with Crippen molar-refractivity contribution in [1.82, 2.24) is 9.78 Å². The number of nitrogens with one attached hydrogen (secondary N) is 1. The Labute approximate surface area is 93.4 Å². The number of anilines is 1. The van der Waals surface area contributed by atoms with E-state index in [2.05, 4.69) is 5.10 Å². The largest absolute Gasteiger partial charge is 0.471 e. The SMILES string of the molecule is Cn1cc(S(N)(=O)=O)c(NC(=O)C(F)(F)F)n1. The maximum Gasteiger partial charge on any atom is 0.471 e. The van der Waals surface area contributed by atoms with Gasteiger partial charge in [-0.05, 0) is 0 Å². The lowest BCUT2D eigenvalue weighted by atomic mass is 10.5. The molecule has 0 saturated heterocycles. The molecule has 3 N–H and O–H groups in total. The predicted molar refractivity (Wildman–Crippen MR) is 49.3 cm³/mol. The minimum Gasteiger partial charge on any atom is -0.300 e. The van der Waals surface area contributed by atoms with E-state index in [-0.39, 0.29) is 0 Å². The van der Waals surface area contributed by atoms with Crippen molar-refractivity contribution in [2.75, 3.05) is 5.32 Å². The van der Waals surface area contributed by atoms with Gasteiger partial charge in [0.2, 0.25) is 10.0 Å². The lowest BCUT2D eigenvalue weighted by molar-refractivity contribution is -0.167. The second kappa shape index (κ2) is 4.00. The van der Waals surface area contributed by atoms with Gasteiger partial charge in [0.05, 0.1) is 0 Å². The molecule has 7 nitrogen and oxygen atoms in total. The molecule has 0 aliphatic heterocycles. The monoisotopic (exact) mass is 272 g/mol. The summed E-state index contributed by atoms with van der Waals surface area (Å²) in [6.45, 7) is 0. The lowest BCUT2D eigenvalue weighted by Gasteiger charge is -2.06. The third kappa shape index (κ3) is 3.17. The molecule has 0 atom stereocenters. The molecule has 0 bridgehead atoms. The normalized spacial score (nSPS) is 12.5. The fourth-order valence-electron chi connectivity index (χ4n) is 0.940. The Bertz CT molecular complexity index is 547. The van der Waals surface area contributed by atoms with Crippen LogP contribution in [0, 0.1) is 0 Å². The Balaban J connectivity index is 3.13. The van der Waals surface area contributed by atoms with Gasteiger partial charge in [-0.1, -0.05) is 0 Å². The van der Waals surface area contributed by atoms with Gasteiger partial charge in [-0.25, -0.2) is 13.6 Å². The summed E-state index contributed by atoms with van der Waals surface area (Å²) in [5.74, 6) is -3.10. The summed E-state index contributed by atoms with van der Waals surface area (Å²) in [5, 5.41) is 9.42. The summed E-state index contributed by atoms with van der Waals surface area (Å²) >= 11 is 0. The molecule has 1 heterocycles. The number of carbonyl (C=O) groups is 1. The van der Waals surface area contributed by atoms with E-state index in [1.165, 1.54) is 12.4 Å². The van der Waals surface area contributed by atoms with Gasteiger partial charge in [0.25, 0.3) is 0 Å². The first-order chi connectivity index (χ1) is 7.51. The van der Waals surface area contributed by atoms with Gasteiger partial charge in [-0.3, -0.25) is 9.48 Å². The minimum atomic E-state index is -5.15. The second-order valence-corrected chi connectivity index (χ2v) is 4.54. The fraction of sp³-hybridized carbons (Fsp3) is 0.333. The minimum absolute atomic E-state index is 0.697. The second-order valence-electron chi connectivity index (χ2n) is 3.01. The molecule has 0 saturated carbocycles. The van der Waals surface area contributed by atoms with Crippen LogP contribution in [0.15, 0.2) is 11.1 Å². The zero-order chi connectivity index (χ0) is 13.4. The van der Waals surface area contributed by atoms with Gasteiger partial charge in [0, 0.05) is 13.2 Å². The Kier molecular flexibility index (Phi) is 3.16. The number of amides is 1. The molecule has 0 unspecified atom stereocenters. The zero-order valence-corrected chi connectivity index (χ0v) is 9.13. The molecule has 0 fully saturated rings. The lowest BCUT2D eigenvalue weighted by Crippen LogP contribution is -2.31. The quantitative estimate of drug-likeness (QED) is 0.761. The van der Waals surface area contributed by atoms with Gasteiger partial charge in [0.1, 0.15) is 4.90 Å². The van der Waals surface area contributed by atoms with E-state index in [0.717, 1.165) is 10.9 Å². The van der Waals surface area contributed by atoms with Crippen LogP contribution in [0.3, 0.4) is 0 Å². The Hall–Kier alpha value is -1.62. The highest BCUT2D eigenvalue weighted by molar-refractivity contribution is 7.89. The van der Waals surface area contributed by atoms with Crippen molar-refractivity contribution in [3.05, 3.63) is 6.20 Å². The number of sulfonamides is 1. The highest BCUT2D eigenvalue weighted by Gasteiger charge is 2.40. The van der Waals surface area contributed by atoms with E-state index in [4.69, 9.17) is 5.14 Å². The van der Waals surface area contributed by atoms with Crippen molar-refractivity contribution in [3.63, 3.8) is 0 Å². The number of aryl methyl sites for hydroxylation is 1. The first-order valence-electron chi connectivity index (χ1n) is 3.96. The summed E-state index contributed by atoms with van der Waals surface area (Å²) < 4.78 is 58.7. The van der Waals surface area contributed by atoms with Gasteiger partial charge >= 0.3 is 12.1 Å². The van der Waals surface area contributed by atoms with Crippen molar-refractivity contribution >= 4 is 21.7 Å². The molecule has 1 amide bonds. The number of primary sulfonamides is 1. The standard InChI is InChI=1S/C6H7F3N4O3S/c1-13-2-3(17(10,15)16)4(12-13)11-5(14)6(7,8)9/h2H,1H3,(H2,10,15,16)(H,11,12,14). The average molecular weight is 272 g/mol. The average Bonchev–Trinajstić information content (AvgIpc) is 2.44. The maximum atomic E-state index is 11.9. The van der Waals surface area contributed by atoms with E-state index >= 15 is 0 Å². The van der Waals surface area contributed by atoms with Crippen LogP contribution in [0.25, 0.3) is 0 Å². The summed E-state index contributed by atoms with van der Waals surface area (Å²) in [5.41, 5.74) is 0. The summed E-state index contributed by atoms with van der Waals surface area (Å²) in [6, 6.07) is 0. The third-order valence-electron chi connectivity index (χ3n) is 1.59. The van der Waals surface area contributed by atoms with Crippen LogP contribution >= 0.6 is 0 Å². The van der Waals surface area contributed by atoms with Gasteiger partial charge < -0.3 is 5.32 Å². The van der Waals surface area contributed by atoms with Crippen LogP contribution in [-0.4, -0.2) is 30.3 Å². The molecule has 1 aromatic heterocycles. The Morgan fingerprint density at radius 3 is 2.47 bits per heavy atom. The first kappa shape index (κ1) is 13.4. The van der Waals surface area contributed by atoms with Gasteiger partial charge in [-0.2, -0.15) is 18.3 Å². The summed E-state index contributed by atoms with van der Waals surface area (Å²) in [6.07, 6.45) is -4.27. The van der Waals surface area contributed by atoms with E-state index in [9.17, 15) is 26.4 Å². The molecule has 17 heavy (non-hydrogen) atoms. The number of hydrogen-bond acceptors (Lipinski definition) is 4. The molecule has 0 aliphatic rings. The number of halogens is 3. The molecule has 0 spiro atoms. The number of rotatable bonds is 2. The van der Waals surface area contributed by atoms with Crippen molar-refractivity contribution < 1.29 is 26.4 Å². The highest BCUT2D eigenvalue weighted by Crippen LogP contribution is 2.21. The van der Waals surface area contributed by atoms with E-state index in [1.54, 1.807) is 0 Å². The molecule has 1 rings (SSSR count). The summed E-state index contributed by atoms with van der Waals surface area (Å²) in [4.78, 5) is 9.90. The number of nitrogens with two attached hydrogens (primary N) is 1. The molecule has 0 aliphatic carbocycles. The number of alkyl halides is 3. The number of hydrogen-bond donors (Lipinski definition) is 2. The molecule has 96 valence electrons. The van der Waals surface area contributed by atoms with E-state index in [0.29, 0.717) is 0 Å². The van der Waals surface area contributed by atoms with Crippen LogP contribution < -0.4 is 10.5 Å². The number of nitrogens with zero attached hydrogens (tertiary/aromatic N) is 2. The van der Waals surface area contributed by atoms with E-state index < -0.39 is 32.8 Å². The van der Waals surface area contributed by atoms with Gasteiger partial charge in [-0.15, -0.1) is 0 Å². The van der Waals surface area contributed by atoms with Crippen molar-refractivity contribution in [2.45, 2.75) is 11.1 Å². The molecular weight excluding hydrogens is 265 g/mol. The van der Waals surface area contributed by atoms with Crippen LogP contribution in [0.5, 0.6) is 0 Å². The molecule has 0 aromatic carbocycles. The molecule has 11 heteroatoms. The Morgan fingerprint density at radius 1 is 1.53 bits per heavy atom. The van der Waals surface area contributed by atoms with Crippen molar-refractivity contribution in [2.24, 2.45) is 12.2 Å². The van der Waals surface area contributed by atoms with Crippen LogP contribution in [0.1, 0.15) is 0 Å². The molecule has 0 radical (unpaired) electrons. The third-order valence-corrected chi connectivity index (χ3v) is 2.50. The van der Waals surface area contributed by atoms with E-state index in [1.807, 2.05) is 0 Å². The number of aromatic nitrogens is 2. The topological polar surface area (TPSA) is 107 Å². The summed E-state index contributed by atoms with van der Waals surface area (Å²) in [7, 11) is -3.01. The maximum absolute atomic E-state index is 11.9. The predicted octanol–water partition coefficient (Wildman–Crippen LogP) is -0.432. The molecule has 1 aromatic rings. The molecular formula is C6H7F3N4O3S. The zero-order valence-electron chi connectivity index (χ0n) is 8.32. The number of carbonyl (C=O) groups excluding carboxylic acids is 1. The first-order valence-corrected chi connectivity index (χ1v) is 5.51. The van der Waals surface area contributed by atoms with Crippen LogP contribution in [-0.2, 0) is 21.9 Å². The van der Waals surface area contributed by atoms with Crippen molar-refractivity contribution in [3.8, 4) is 0 Å². The van der Waals surface area contributed by atoms with Crippen LogP contribution in [0.2, 0.25) is 0 Å². The van der Waals surface area contributed by atoms with Gasteiger partial charge in [0.15, 0.2) is 5.82 Å². The van der Waals surface area contributed by atoms with Crippen molar-refractivity contribution in [1.29, 1.82) is 0 Å². The van der Waals surface area contributed by atoms with Crippen LogP contribution in [0.4, 0.5) is 19.0 Å². The Morgan fingerprint density at radius 2 is 2.06 bits per heavy atom. The smallest absolute Gasteiger partial charge is 0.300 e.